The molecule has 1 atom stereocenters. The minimum absolute atomic E-state index is 0.121. The predicted octanol–water partition coefficient (Wildman–Crippen LogP) is 5.89. The topological polar surface area (TPSA) is 82.4 Å². The zero-order valence-electron chi connectivity index (χ0n) is 22.5. The highest BCUT2D eigenvalue weighted by Crippen LogP contribution is 2.38. The number of carbonyl (C=O) groups is 2. The second kappa shape index (κ2) is 13.5. The van der Waals surface area contributed by atoms with Crippen molar-refractivity contribution in [2.24, 2.45) is 0 Å². The number of thioether (sulfide) groups is 1. The Balaban J connectivity index is 1.39. The Labute approximate surface area is 238 Å². The Morgan fingerprint density at radius 1 is 1.07 bits per heavy atom. The van der Waals surface area contributed by atoms with E-state index in [0.717, 1.165) is 45.7 Å². The third-order valence-electron chi connectivity index (χ3n) is 6.99. The smallest absolute Gasteiger partial charge is 0.251 e. The number of carbonyl (C=O) groups excluding carboxylic acids is 2. The van der Waals surface area contributed by atoms with E-state index in [1.807, 2.05) is 65.4 Å². The van der Waals surface area contributed by atoms with Gasteiger partial charge in [-0.1, -0.05) is 30.3 Å². The van der Waals surface area contributed by atoms with E-state index in [-0.39, 0.29) is 17.8 Å². The summed E-state index contributed by atoms with van der Waals surface area (Å²) >= 11 is 1.67. The second-order valence-corrected chi connectivity index (χ2v) is 10.7. The minimum Gasteiger partial charge on any atom is -0.484 e. The van der Waals surface area contributed by atoms with Gasteiger partial charge in [-0.2, -0.15) is 0 Å². The van der Waals surface area contributed by atoms with Gasteiger partial charge in [0.2, 0.25) is 0 Å². The lowest BCUT2D eigenvalue weighted by atomic mass is 9.87. The van der Waals surface area contributed by atoms with Crippen molar-refractivity contribution in [3.8, 4) is 5.75 Å². The van der Waals surface area contributed by atoms with Gasteiger partial charge in [-0.25, -0.2) is 4.98 Å². The fourth-order valence-electron chi connectivity index (χ4n) is 4.89. The molecule has 1 aliphatic rings. The van der Waals surface area contributed by atoms with E-state index in [1.54, 1.807) is 31.4 Å². The fraction of sp³-hybridized carbons (Fsp3) is 0.281. The number of Topliss-reactive ketones (excluding diaryl/α,β-unsaturated/α-hetero) is 1. The Morgan fingerprint density at radius 3 is 2.65 bits per heavy atom. The normalized spacial score (nSPS) is 13.5. The summed E-state index contributed by atoms with van der Waals surface area (Å²) in [6, 6.07) is 21.7. The van der Waals surface area contributed by atoms with Gasteiger partial charge in [-0.15, -0.1) is 11.8 Å². The molecule has 1 aromatic heterocycles. The number of ether oxygens (including phenoxy) is 2. The van der Waals surface area contributed by atoms with Gasteiger partial charge in [0.1, 0.15) is 11.9 Å². The summed E-state index contributed by atoms with van der Waals surface area (Å²) in [5, 5.41) is 2.85. The first kappa shape index (κ1) is 27.7. The van der Waals surface area contributed by atoms with E-state index >= 15 is 0 Å². The lowest BCUT2D eigenvalue weighted by molar-refractivity contribution is 0.0935. The number of hydrogen-bond donors (Lipinski definition) is 1. The number of nitrogens with zero attached hydrogens (tertiary/aromatic N) is 2. The maximum atomic E-state index is 12.8. The number of methoxy groups -OCH3 is 1. The minimum atomic E-state index is -0.229. The number of fused-ring (bicyclic) bond motifs is 1. The molecule has 3 aromatic carbocycles. The first-order chi connectivity index (χ1) is 19.6. The number of benzene rings is 3. The van der Waals surface area contributed by atoms with E-state index in [4.69, 9.17) is 9.47 Å². The van der Waals surface area contributed by atoms with Crippen molar-refractivity contribution in [3.05, 3.63) is 113 Å². The van der Waals surface area contributed by atoms with Crippen LogP contribution in [0.4, 0.5) is 0 Å². The van der Waals surface area contributed by atoms with Crippen LogP contribution < -0.4 is 10.1 Å². The van der Waals surface area contributed by atoms with E-state index in [9.17, 15) is 9.59 Å². The molecule has 0 saturated carbocycles. The zero-order valence-corrected chi connectivity index (χ0v) is 23.4. The Kier molecular flexibility index (Phi) is 9.31. The molecule has 5 rings (SSSR count). The Bertz CT molecular complexity index is 1420. The summed E-state index contributed by atoms with van der Waals surface area (Å²) < 4.78 is 13.8. The maximum absolute atomic E-state index is 12.8. The predicted molar refractivity (Wildman–Crippen MR) is 156 cm³/mol. The lowest BCUT2D eigenvalue weighted by Gasteiger charge is -2.25. The van der Waals surface area contributed by atoms with Crippen LogP contribution >= 0.6 is 11.8 Å². The first-order valence-electron chi connectivity index (χ1n) is 13.5. The summed E-state index contributed by atoms with van der Waals surface area (Å²) in [5.41, 5.74) is 4.64. The number of ketones is 1. The SMILES string of the molecule is COCCNC(=O)c1ccc(SCc2c(OC(Cn3ccnc3)c3ccccc3)ccc3c2CCCC3=O)cc1. The molecule has 1 N–H and O–H groups in total. The molecule has 1 heterocycles. The highest BCUT2D eigenvalue weighted by molar-refractivity contribution is 7.98. The van der Waals surface area contributed by atoms with Crippen LogP contribution in [0.1, 0.15) is 56.4 Å². The summed E-state index contributed by atoms with van der Waals surface area (Å²) in [4.78, 5) is 30.4. The number of rotatable bonds is 12. The summed E-state index contributed by atoms with van der Waals surface area (Å²) in [6.07, 6.45) is 7.55. The van der Waals surface area contributed by atoms with E-state index in [1.165, 1.54) is 0 Å². The van der Waals surface area contributed by atoms with Crippen LogP contribution in [0.5, 0.6) is 5.75 Å². The van der Waals surface area contributed by atoms with Crippen molar-refractivity contribution in [3.63, 3.8) is 0 Å². The fourth-order valence-corrected chi connectivity index (χ4v) is 5.85. The maximum Gasteiger partial charge on any atom is 0.251 e. The number of imidazole rings is 1. The Hall–Kier alpha value is -3.88. The first-order valence-corrected chi connectivity index (χ1v) is 14.5. The van der Waals surface area contributed by atoms with Crippen LogP contribution in [0.15, 0.2) is 90.3 Å². The molecule has 0 bridgehead atoms. The largest absolute Gasteiger partial charge is 0.484 e. The van der Waals surface area contributed by atoms with Gasteiger partial charge in [0.15, 0.2) is 5.78 Å². The highest BCUT2D eigenvalue weighted by Gasteiger charge is 2.24. The zero-order chi connectivity index (χ0) is 27.7. The van der Waals surface area contributed by atoms with Gasteiger partial charge in [0, 0.05) is 59.8 Å². The number of nitrogens with one attached hydrogen (secondary N) is 1. The lowest BCUT2D eigenvalue weighted by Crippen LogP contribution is -2.26. The number of amides is 1. The summed E-state index contributed by atoms with van der Waals surface area (Å²) in [6.45, 7) is 1.55. The third kappa shape index (κ3) is 6.81. The van der Waals surface area contributed by atoms with Crippen molar-refractivity contribution >= 4 is 23.5 Å². The van der Waals surface area contributed by atoms with Gasteiger partial charge in [-0.3, -0.25) is 9.59 Å². The molecule has 0 saturated heterocycles. The van der Waals surface area contributed by atoms with Crippen LogP contribution in [0.2, 0.25) is 0 Å². The van der Waals surface area contributed by atoms with Gasteiger partial charge in [0.25, 0.3) is 5.91 Å². The average molecular weight is 556 g/mol. The second-order valence-electron chi connectivity index (χ2n) is 9.68. The molecule has 206 valence electrons. The molecule has 7 nitrogen and oxygen atoms in total. The van der Waals surface area contributed by atoms with Crippen molar-refractivity contribution in [1.29, 1.82) is 0 Å². The van der Waals surface area contributed by atoms with Gasteiger partial charge >= 0.3 is 0 Å². The van der Waals surface area contributed by atoms with E-state index < -0.39 is 0 Å². The molecule has 4 aromatic rings. The molecule has 1 unspecified atom stereocenters. The van der Waals surface area contributed by atoms with Crippen LogP contribution in [0.25, 0.3) is 0 Å². The van der Waals surface area contributed by atoms with Crippen LogP contribution in [0.3, 0.4) is 0 Å². The molecule has 8 heteroatoms. The van der Waals surface area contributed by atoms with Crippen LogP contribution in [-0.4, -0.2) is 41.5 Å². The monoisotopic (exact) mass is 555 g/mol. The highest BCUT2D eigenvalue weighted by atomic mass is 32.2. The van der Waals surface area contributed by atoms with Gasteiger partial charge in [-0.05, 0) is 60.4 Å². The van der Waals surface area contributed by atoms with Gasteiger partial charge in [0.05, 0.1) is 19.5 Å². The number of aromatic nitrogens is 2. The molecule has 1 amide bonds. The molecule has 0 spiro atoms. The Morgan fingerprint density at radius 2 is 1.90 bits per heavy atom. The molecule has 0 aliphatic heterocycles. The molecular formula is C32H33N3O4S. The van der Waals surface area contributed by atoms with Crippen LogP contribution in [-0.2, 0) is 23.5 Å². The molecular weight excluding hydrogens is 522 g/mol. The van der Waals surface area contributed by atoms with Gasteiger partial charge < -0.3 is 19.4 Å². The summed E-state index contributed by atoms with van der Waals surface area (Å²) in [7, 11) is 1.61. The average Bonchev–Trinajstić information content (AvgIpc) is 3.50. The molecule has 0 fully saturated rings. The van der Waals surface area contributed by atoms with Crippen LogP contribution in [0, 0.1) is 0 Å². The van der Waals surface area contributed by atoms with Crippen molar-refractivity contribution in [2.45, 2.75) is 42.6 Å². The molecule has 1 aliphatic carbocycles. The number of hydrogen-bond acceptors (Lipinski definition) is 6. The van der Waals surface area contributed by atoms with Crippen molar-refractivity contribution < 1.29 is 19.1 Å². The van der Waals surface area contributed by atoms with E-state index in [0.29, 0.717) is 37.4 Å². The quantitative estimate of drug-likeness (QED) is 0.173. The molecule has 40 heavy (non-hydrogen) atoms. The van der Waals surface area contributed by atoms with Crippen molar-refractivity contribution in [1.82, 2.24) is 14.9 Å². The van der Waals surface area contributed by atoms with E-state index in [2.05, 4.69) is 22.4 Å². The molecule has 0 radical (unpaired) electrons. The third-order valence-corrected chi connectivity index (χ3v) is 8.03. The van der Waals surface area contributed by atoms with Crippen molar-refractivity contribution in [2.75, 3.05) is 20.3 Å². The standard InChI is InChI=1S/C32H33N3O4S/c1-38-19-17-34-32(37)24-10-12-25(13-11-24)40-21-28-26-8-5-9-29(36)27(26)14-15-30(28)39-31(20-35-18-16-33-22-35)23-6-3-2-4-7-23/h2-4,6-7,10-16,18,22,31H,5,8-9,17,19-21H2,1H3,(H,34,37). The summed E-state index contributed by atoms with van der Waals surface area (Å²) in [5.74, 6) is 1.52.